The highest BCUT2D eigenvalue weighted by atomic mass is 32.1. The van der Waals surface area contributed by atoms with Crippen molar-refractivity contribution in [3.05, 3.63) is 32.4 Å². The molecule has 0 amide bonds. The van der Waals surface area contributed by atoms with Crippen LogP contribution in [-0.2, 0) is 7.05 Å². The van der Waals surface area contributed by atoms with E-state index in [-0.39, 0.29) is 11.1 Å². The standard InChI is InChI=1S/C9H6N2O3S/c1-11-4-2-3-15-7(4)6-5(8(11)12)10-9(13)14-6/h2-3H,1H3,(H,10,13). The number of pyridine rings is 1. The van der Waals surface area contributed by atoms with Crippen molar-refractivity contribution in [2.24, 2.45) is 7.05 Å². The van der Waals surface area contributed by atoms with Crippen LogP contribution in [-0.4, -0.2) is 9.55 Å². The molecule has 3 aromatic rings. The minimum Gasteiger partial charge on any atom is -0.406 e. The molecule has 0 aromatic carbocycles. The van der Waals surface area contributed by atoms with Crippen LogP contribution in [0.4, 0.5) is 0 Å². The lowest BCUT2D eigenvalue weighted by atomic mass is 10.3. The molecule has 0 atom stereocenters. The van der Waals surface area contributed by atoms with Crippen LogP contribution in [0.2, 0.25) is 0 Å². The molecule has 0 spiro atoms. The quantitative estimate of drug-likeness (QED) is 0.617. The third-order valence-corrected chi connectivity index (χ3v) is 3.28. The van der Waals surface area contributed by atoms with E-state index in [1.54, 1.807) is 7.05 Å². The maximum absolute atomic E-state index is 11.8. The molecule has 0 bridgehead atoms. The first-order chi connectivity index (χ1) is 7.18. The summed E-state index contributed by atoms with van der Waals surface area (Å²) in [5, 5.41) is 1.86. The van der Waals surface area contributed by atoms with Gasteiger partial charge in [0.15, 0.2) is 11.1 Å². The second-order valence-electron chi connectivity index (χ2n) is 3.22. The molecule has 0 radical (unpaired) electrons. The molecule has 1 N–H and O–H groups in total. The van der Waals surface area contributed by atoms with E-state index in [9.17, 15) is 9.59 Å². The summed E-state index contributed by atoms with van der Waals surface area (Å²) in [4.78, 5) is 25.2. The molecule has 3 rings (SSSR count). The number of aromatic nitrogens is 2. The fraction of sp³-hybridized carbons (Fsp3) is 0.111. The van der Waals surface area contributed by atoms with E-state index in [0.717, 1.165) is 10.2 Å². The smallest absolute Gasteiger partial charge is 0.406 e. The third kappa shape index (κ3) is 0.964. The number of aromatic amines is 1. The van der Waals surface area contributed by atoms with Gasteiger partial charge in [-0.25, -0.2) is 4.79 Å². The van der Waals surface area contributed by atoms with Gasteiger partial charge >= 0.3 is 5.76 Å². The zero-order valence-corrected chi connectivity index (χ0v) is 8.55. The average molecular weight is 222 g/mol. The number of nitrogens with one attached hydrogen (secondary N) is 1. The molecule has 0 saturated heterocycles. The predicted molar refractivity (Wildman–Crippen MR) is 57.5 cm³/mol. The van der Waals surface area contributed by atoms with Gasteiger partial charge in [0, 0.05) is 7.05 Å². The Morgan fingerprint density at radius 2 is 2.27 bits per heavy atom. The van der Waals surface area contributed by atoms with Crippen molar-refractivity contribution in [1.29, 1.82) is 0 Å². The van der Waals surface area contributed by atoms with Gasteiger partial charge in [0.05, 0.1) is 10.2 Å². The van der Waals surface area contributed by atoms with E-state index in [4.69, 9.17) is 4.42 Å². The van der Waals surface area contributed by atoms with Gasteiger partial charge in [-0.3, -0.25) is 9.78 Å². The highest BCUT2D eigenvalue weighted by Crippen LogP contribution is 2.25. The van der Waals surface area contributed by atoms with Crippen LogP contribution in [0, 0.1) is 0 Å². The van der Waals surface area contributed by atoms with Crippen LogP contribution in [0.25, 0.3) is 21.3 Å². The number of aryl methyl sites for hydroxylation is 1. The Bertz CT molecular complexity index is 774. The minimum absolute atomic E-state index is 0.234. The lowest BCUT2D eigenvalue weighted by Crippen LogP contribution is -2.17. The van der Waals surface area contributed by atoms with Crippen molar-refractivity contribution in [1.82, 2.24) is 9.55 Å². The lowest BCUT2D eigenvalue weighted by molar-refractivity contribution is 0.558. The maximum atomic E-state index is 11.8. The first-order valence-electron chi connectivity index (χ1n) is 4.27. The van der Waals surface area contributed by atoms with Gasteiger partial charge in [0.2, 0.25) is 0 Å². The number of H-pyrrole nitrogens is 1. The van der Waals surface area contributed by atoms with E-state index >= 15 is 0 Å². The molecule has 5 nitrogen and oxygen atoms in total. The van der Waals surface area contributed by atoms with Crippen molar-refractivity contribution in [2.45, 2.75) is 0 Å². The summed E-state index contributed by atoms with van der Waals surface area (Å²) in [5.74, 6) is -0.594. The minimum atomic E-state index is -0.594. The molecule has 6 heteroatoms. The molecular formula is C9H6N2O3S. The van der Waals surface area contributed by atoms with Gasteiger partial charge in [0.1, 0.15) is 0 Å². The van der Waals surface area contributed by atoms with Gasteiger partial charge in [-0.1, -0.05) is 0 Å². The van der Waals surface area contributed by atoms with Crippen LogP contribution in [0.5, 0.6) is 0 Å². The molecular weight excluding hydrogens is 216 g/mol. The largest absolute Gasteiger partial charge is 0.417 e. The highest BCUT2D eigenvalue weighted by Gasteiger charge is 2.13. The van der Waals surface area contributed by atoms with E-state index in [1.165, 1.54) is 15.9 Å². The van der Waals surface area contributed by atoms with Crippen LogP contribution in [0.3, 0.4) is 0 Å². The van der Waals surface area contributed by atoms with Crippen LogP contribution in [0.1, 0.15) is 0 Å². The number of fused-ring (bicyclic) bond motifs is 3. The number of nitrogens with zero attached hydrogens (tertiary/aromatic N) is 1. The van der Waals surface area contributed by atoms with Crippen molar-refractivity contribution < 1.29 is 4.42 Å². The fourth-order valence-electron chi connectivity index (χ4n) is 1.65. The Balaban J connectivity index is 2.82. The Morgan fingerprint density at radius 1 is 1.47 bits per heavy atom. The summed E-state index contributed by atoms with van der Waals surface area (Å²) in [6.45, 7) is 0. The van der Waals surface area contributed by atoms with Crippen molar-refractivity contribution in [3.8, 4) is 0 Å². The number of thiophene rings is 1. The number of oxazole rings is 1. The Labute approximate surface area is 86.6 Å². The molecule has 76 valence electrons. The van der Waals surface area contributed by atoms with E-state index in [1.807, 2.05) is 11.4 Å². The molecule has 0 unspecified atom stereocenters. The summed E-state index contributed by atoms with van der Waals surface area (Å²) < 4.78 is 7.27. The summed E-state index contributed by atoms with van der Waals surface area (Å²) >= 11 is 1.44. The maximum Gasteiger partial charge on any atom is 0.417 e. The Morgan fingerprint density at radius 3 is 3.07 bits per heavy atom. The second kappa shape index (κ2) is 2.60. The highest BCUT2D eigenvalue weighted by molar-refractivity contribution is 7.18. The van der Waals surface area contributed by atoms with Gasteiger partial charge in [0.25, 0.3) is 5.56 Å². The summed E-state index contributed by atoms with van der Waals surface area (Å²) in [6, 6.07) is 1.83. The normalized spacial score (nSPS) is 11.5. The predicted octanol–water partition coefficient (Wildman–Crippen LogP) is 1.03. The number of hydrogen-bond donors (Lipinski definition) is 1. The van der Waals surface area contributed by atoms with Crippen molar-refractivity contribution in [3.63, 3.8) is 0 Å². The first-order valence-corrected chi connectivity index (χ1v) is 5.15. The zero-order valence-electron chi connectivity index (χ0n) is 7.73. The summed E-state index contributed by atoms with van der Waals surface area (Å²) in [7, 11) is 1.67. The van der Waals surface area contributed by atoms with Gasteiger partial charge in [-0.2, -0.15) is 0 Å². The van der Waals surface area contributed by atoms with Crippen LogP contribution < -0.4 is 11.3 Å². The molecule has 0 aliphatic carbocycles. The monoisotopic (exact) mass is 222 g/mol. The molecule has 0 aliphatic rings. The van der Waals surface area contributed by atoms with Crippen LogP contribution in [0.15, 0.2) is 25.5 Å². The van der Waals surface area contributed by atoms with Gasteiger partial charge in [-0.05, 0) is 11.4 Å². The Hall–Kier alpha value is -1.82. The summed E-state index contributed by atoms with van der Waals surface area (Å²) in [5.41, 5.74) is 1.12. The van der Waals surface area contributed by atoms with Gasteiger partial charge in [-0.15, -0.1) is 11.3 Å². The topological polar surface area (TPSA) is 68.0 Å². The second-order valence-corrected chi connectivity index (χ2v) is 4.13. The van der Waals surface area contributed by atoms with Crippen molar-refractivity contribution >= 4 is 32.7 Å². The van der Waals surface area contributed by atoms with E-state index in [0.29, 0.717) is 5.58 Å². The summed E-state index contributed by atoms with van der Waals surface area (Å²) in [6.07, 6.45) is 0. The van der Waals surface area contributed by atoms with Crippen molar-refractivity contribution in [2.75, 3.05) is 0 Å². The average Bonchev–Trinajstić information content (AvgIpc) is 2.79. The molecule has 15 heavy (non-hydrogen) atoms. The lowest BCUT2D eigenvalue weighted by Gasteiger charge is -1.98. The third-order valence-electron chi connectivity index (χ3n) is 2.38. The number of rotatable bonds is 0. The zero-order chi connectivity index (χ0) is 10.6. The first kappa shape index (κ1) is 8.49. The molecule has 3 heterocycles. The Kier molecular flexibility index (Phi) is 1.47. The molecule has 0 fully saturated rings. The van der Waals surface area contributed by atoms with E-state index < -0.39 is 5.76 Å². The molecule has 0 aliphatic heterocycles. The SMILES string of the molecule is Cn1c(=O)c2[nH]c(=O)oc2c2sccc21. The fourth-order valence-corrected chi connectivity index (χ4v) is 2.56. The van der Waals surface area contributed by atoms with E-state index in [2.05, 4.69) is 4.98 Å². The number of hydrogen-bond acceptors (Lipinski definition) is 4. The molecule has 3 aromatic heterocycles. The van der Waals surface area contributed by atoms with Gasteiger partial charge < -0.3 is 8.98 Å². The molecule has 0 saturated carbocycles. The van der Waals surface area contributed by atoms with Crippen LogP contribution >= 0.6 is 11.3 Å².